The summed E-state index contributed by atoms with van der Waals surface area (Å²) in [7, 11) is 1.86. The van der Waals surface area contributed by atoms with E-state index in [2.05, 4.69) is 15.4 Å². The van der Waals surface area contributed by atoms with Gasteiger partial charge in [-0.1, -0.05) is 41.9 Å². The van der Waals surface area contributed by atoms with E-state index in [1.165, 1.54) is 0 Å². The van der Waals surface area contributed by atoms with Crippen molar-refractivity contribution in [1.82, 2.24) is 20.1 Å². The summed E-state index contributed by atoms with van der Waals surface area (Å²) in [5.74, 6) is -0.136. The van der Waals surface area contributed by atoms with Crippen LogP contribution in [0.5, 0.6) is 0 Å². The number of benzene rings is 2. The molecule has 2 aromatic heterocycles. The Kier molecular flexibility index (Phi) is 5.40. The number of nitrogens with zero attached hydrogens (tertiary/aromatic N) is 3. The van der Waals surface area contributed by atoms with E-state index in [1.807, 2.05) is 73.9 Å². The van der Waals surface area contributed by atoms with Crippen LogP contribution in [-0.2, 0) is 13.6 Å². The van der Waals surface area contributed by atoms with Crippen LogP contribution in [0.3, 0.4) is 0 Å². The highest BCUT2D eigenvalue weighted by Gasteiger charge is 2.11. The molecule has 4 aromatic rings. The minimum atomic E-state index is -0.136. The SMILES string of the molecule is Cn1cc(-c2ncccc2CNC(=O)c2ccc(-c3cccc(Cl)c3)cc2)cn1. The van der Waals surface area contributed by atoms with Crippen LogP contribution >= 0.6 is 11.6 Å². The van der Waals surface area contributed by atoms with Gasteiger partial charge in [0.1, 0.15) is 0 Å². The van der Waals surface area contributed by atoms with Crippen LogP contribution in [0, 0.1) is 0 Å². The van der Waals surface area contributed by atoms with E-state index in [-0.39, 0.29) is 5.91 Å². The number of hydrogen-bond donors (Lipinski definition) is 1. The predicted octanol–water partition coefficient (Wildman–Crippen LogP) is 4.73. The Labute approximate surface area is 174 Å². The van der Waals surface area contributed by atoms with Gasteiger partial charge in [0.25, 0.3) is 5.91 Å². The van der Waals surface area contributed by atoms with Gasteiger partial charge in [0, 0.05) is 42.1 Å². The molecular formula is C23H19ClN4O. The number of aryl methyl sites for hydroxylation is 1. The Balaban J connectivity index is 1.47. The van der Waals surface area contributed by atoms with Crippen molar-refractivity contribution in [3.63, 3.8) is 0 Å². The zero-order valence-electron chi connectivity index (χ0n) is 15.8. The number of hydrogen-bond acceptors (Lipinski definition) is 3. The molecule has 0 aliphatic heterocycles. The van der Waals surface area contributed by atoms with E-state index >= 15 is 0 Å². The van der Waals surface area contributed by atoms with Crippen LogP contribution in [0.25, 0.3) is 22.4 Å². The van der Waals surface area contributed by atoms with E-state index in [1.54, 1.807) is 17.1 Å². The summed E-state index contributed by atoms with van der Waals surface area (Å²) in [6, 6.07) is 18.9. The molecule has 2 heterocycles. The number of aromatic nitrogens is 3. The molecule has 29 heavy (non-hydrogen) atoms. The normalized spacial score (nSPS) is 10.7. The van der Waals surface area contributed by atoms with E-state index in [4.69, 9.17) is 11.6 Å². The zero-order chi connectivity index (χ0) is 20.2. The molecule has 1 N–H and O–H groups in total. The lowest BCUT2D eigenvalue weighted by atomic mass is 10.0. The van der Waals surface area contributed by atoms with Gasteiger partial charge in [-0.2, -0.15) is 5.10 Å². The smallest absolute Gasteiger partial charge is 0.251 e. The third-order valence-electron chi connectivity index (χ3n) is 4.61. The molecule has 0 saturated carbocycles. The molecule has 0 bridgehead atoms. The van der Waals surface area contributed by atoms with E-state index in [0.717, 1.165) is 27.9 Å². The van der Waals surface area contributed by atoms with Crippen LogP contribution in [0.15, 0.2) is 79.3 Å². The van der Waals surface area contributed by atoms with Gasteiger partial charge in [0.15, 0.2) is 0 Å². The second-order valence-electron chi connectivity index (χ2n) is 6.68. The van der Waals surface area contributed by atoms with Crippen molar-refractivity contribution in [2.45, 2.75) is 6.54 Å². The van der Waals surface area contributed by atoms with E-state index in [0.29, 0.717) is 17.1 Å². The van der Waals surface area contributed by atoms with Crippen molar-refractivity contribution in [3.8, 4) is 22.4 Å². The molecule has 0 saturated heterocycles. The molecule has 0 aliphatic carbocycles. The minimum Gasteiger partial charge on any atom is -0.348 e. The molecule has 6 heteroatoms. The summed E-state index contributed by atoms with van der Waals surface area (Å²) in [5.41, 5.74) is 5.29. The number of carbonyl (C=O) groups is 1. The Morgan fingerprint density at radius 3 is 2.59 bits per heavy atom. The molecule has 0 unspecified atom stereocenters. The van der Waals surface area contributed by atoms with Crippen molar-refractivity contribution in [2.75, 3.05) is 0 Å². The minimum absolute atomic E-state index is 0.136. The quantitative estimate of drug-likeness (QED) is 0.524. The first-order chi connectivity index (χ1) is 14.1. The van der Waals surface area contributed by atoms with Gasteiger partial charge < -0.3 is 5.32 Å². The highest BCUT2D eigenvalue weighted by Crippen LogP contribution is 2.23. The van der Waals surface area contributed by atoms with Crippen LogP contribution in [0.4, 0.5) is 0 Å². The Bertz CT molecular complexity index is 1150. The Morgan fingerprint density at radius 1 is 1.03 bits per heavy atom. The first-order valence-corrected chi connectivity index (χ1v) is 9.55. The average Bonchev–Trinajstić information content (AvgIpc) is 3.18. The highest BCUT2D eigenvalue weighted by molar-refractivity contribution is 6.30. The molecule has 2 aromatic carbocycles. The van der Waals surface area contributed by atoms with Gasteiger partial charge in [0.05, 0.1) is 11.9 Å². The molecular weight excluding hydrogens is 384 g/mol. The predicted molar refractivity (Wildman–Crippen MR) is 114 cm³/mol. The third-order valence-corrected chi connectivity index (χ3v) is 4.85. The summed E-state index contributed by atoms with van der Waals surface area (Å²) >= 11 is 6.06. The standard InChI is InChI=1S/C23H19ClN4O/c1-28-15-20(14-27-28)22-19(5-3-11-25-22)13-26-23(29)17-9-7-16(8-10-17)18-4-2-6-21(24)12-18/h2-12,14-15H,13H2,1H3,(H,26,29). The Hall–Kier alpha value is -3.44. The number of pyridine rings is 1. The van der Waals surface area contributed by atoms with Gasteiger partial charge >= 0.3 is 0 Å². The van der Waals surface area contributed by atoms with E-state index in [9.17, 15) is 4.79 Å². The van der Waals surface area contributed by atoms with Crippen LogP contribution < -0.4 is 5.32 Å². The molecule has 1 amide bonds. The maximum atomic E-state index is 12.6. The number of amides is 1. The number of carbonyl (C=O) groups excluding carboxylic acids is 1. The second kappa shape index (κ2) is 8.29. The summed E-state index contributed by atoms with van der Waals surface area (Å²) < 4.78 is 1.73. The molecule has 0 radical (unpaired) electrons. The van der Waals surface area contributed by atoms with Crippen LogP contribution in [0.2, 0.25) is 5.02 Å². The lowest BCUT2D eigenvalue weighted by Crippen LogP contribution is -2.23. The van der Waals surface area contributed by atoms with E-state index < -0.39 is 0 Å². The van der Waals surface area contributed by atoms with Crippen LogP contribution in [0.1, 0.15) is 15.9 Å². The monoisotopic (exact) mass is 402 g/mol. The Morgan fingerprint density at radius 2 is 1.86 bits per heavy atom. The summed E-state index contributed by atoms with van der Waals surface area (Å²) in [6.45, 7) is 0.382. The largest absolute Gasteiger partial charge is 0.348 e. The number of nitrogens with one attached hydrogen (secondary N) is 1. The van der Waals surface area contributed by atoms with Crippen LogP contribution in [-0.4, -0.2) is 20.7 Å². The van der Waals surface area contributed by atoms with Gasteiger partial charge in [-0.15, -0.1) is 0 Å². The average molecular weight is 403 g/mol. The lowest BCUT2D eigenvalue weighted by Gasteiger charge is -2.09. The molecule has 5 nitrogen and oxygen atoms in total. The topological polar surface area (TPSA) is 59.8 Å². The third kappa shape index (κ3) is 4.36. The molecule has 0 spiro atoms. The van der Waals surface area contributed by atoms with Gasteiger partial charge in [-0.05, 0) is 47.0 Å². The van der Waals surface area contributed by atoms with Gasteiger partial charge in [-0.3, -0.25) is 14.5 Å². The molecule has 0 aliphatic rings. The maximum Gasteiger partial charge on any atom is 0.251 e. The number of halogens is 1. The zero-order valence-corrected chi connectivity index (χ0v) is 16.6. The lowest BCUT2D eigenvalue weighted by molar-refractivity contribution is 0.0951. The summed E-state index contributed by atoms with van der Waals surface area (Å²) in [4.78, 5) is 17.1. The second-order valence-corrected chi connectivity index (χ2v) is 7.12. The summed E-state index contributed by atoms with van der Waals surface area (Å²) in [5, 5.41) is 7.86. The summed E-state index contributed by atoms with van der Waals surface area (Å²) in [6.07, 6.45) is 5.41. The van der Waals surface area contributed by atoms with Gasteiger partial charge in [-0.25, -0.2) is 0 Å². The van der Waals surface area contributed by atoms with Crippen molar-refractivity contribution in [3.05, 3.63) is 95.4 Å². The fourth-order valence-electron chi connectivity index (χ4n) is 3.14. The number of rotatable bonds is 5. The fourth-order valence-corrected chi connectivity index (χ4v) is 3.33. The molecule has 4 rings (SSSR count). The molecule has 0 atom stereocenters. The highest BCUT2D eigenvalue weighted by atomic mass is 35.5. The first kappa shape index (κ1) is 18.9. The van der Waals surface area contributed by atoms with Crippen molar-refractivity contribution in [1.29, 1.82) is 0 Å². The van der Waals surface area contributed by atoms with Crippen molar-refractivity contribution < 1.29 is 4.79 Å². The maximum absolute atomic E-state index is 12.6. The first-order valence-electron chi connectivity index (χ1n) is 9.17. The molecule has 144 valence electrons. The van der Waals surface area contributed by atoms with Crippen molar-refractivity contribution in [2.24, 2.45) is 7.05 Å². The molecule has 0 fully saturated rings. The fraction of sp³-hybridized carbons (Fsp3) is 0.0870. The van der Waals surface area contributed by atoms with Crippen molar-refractivity contribution >= 4 is 17.5 Å². The van der Waals surface area contributed by atoms with Gasteiger partial charge in [0.2, 0.25) is 0 Å².